The summed E-state index contributed by atoms with van der Waals surface area (Å²) in [7, 11) is 0. The molecule has 1 N–H and O–H groups in total. The van der Waals surface area contributed by atoms with Crippen LogP contribution in [0.25, 0.3) is 10.2 Å². The molecule has 86 valence electrons. The van der Waals surface area contributed by atoms with E-state index >= 15 is 0 Å². The van der Waals surface area contributed by atoms with E-state index in [0.717, 1.165) is 22.6 Å². The number of fused-ring (bicyclic) bond motifs is 1. The summed E-state index contributed by atoms with van der Waals surface area (Å²) in [5.74, 6) is 0.971. The fourth-order valence-electron chi connectivity index (χ4n) is 1.30. The summed E-state index contributed by atoms with van der Waals surface area (Å²) in [5, 5.41) is 5.38. The van der Waals surface area contributed by atoms with Gasteiger partial charge in [-0.1, -0.05) is 13.3 Å². The third kappa shape index (κ3) is 3.03. The normalized spacial score (nSPS) is 9.56. The number of anilines is 1. The maximum atomic E-state index is 4.24. The van der Waals surface area contributed by atoms with Crippen molar-refractivity contribution in [2.24, 2.45) is 0 Å². The Morgan fingerprint density at radius 1 is 1.38 bits per heavy atom. The van der Waals surface area contributed by atoms with Crippen LogP contribution in [0.4, 0.5) is 5.82 Å². The van der Waals surface area contributed by atoms with Gasteiger partial charge >= 0.3 is 0 Å². The van der Waals surface area contributed by atoms with Gasteiger partial charge in [-0.05, 0) is 17.9 Å². The summed E-state index contributed by atoms with van der Waals surface area (Å²) >= 11 is 1.68. The van der Waals surface area contributed by atoms with Gasteiger partial charge < -0.3 is 5.32 Å². The Bertz CT molecular complexity index is 425. The molecule has 3 nitrogen and oxygen atoms in total. The van der Waals surface area contributed by atoms with Crippen LogP contribution < -0.4 is 5.32 Å². The van der Waals surface area contributed by atoms with Crippen LogP contribution in [0.15, 0.2) is 30.9 Å². The van der Waals surface area contributed by atoms with E-state index in [2.05, 4.69) is 35.4 Å². The summed E-state index contributed by atoms with van der Waals surface area (Å²) < 4.78 is 1.16. The number of aromatic nitrogens is 2. The monoisotopic (exact) mass is 235 g/mol. The topological polar surface area (TPSA) is 37.8 Å². The van der Waals surface area contributed by atoms with Gasteiger partial charge in [-0.15, -0.1) is 24.5 Å². The molecular weight excluding hydrogens is 218 g/mol. The van der Waals surface area contributed by atoms with E-state index in [1.54, 1.807) is 17.7 Å². The molecule has 16 heavy (non-hydrogen) atoms. The highest BCUT2D eigenvalue weighted by atomic mass is 32.1. The maximum absolute atomic E-state index is 4.24. The molecule has 0 amide bonds. The molecule has 0 radical (unpaired) electrons. The molecule has 0 aliphatic carbocycles. The molecule has 2 aromatic heterocycles. The first-order valence-electron chi connectivity index (χ1n) is 5.34. The largest absolute Gasteiger partial charge is 0.369 e. The van der Waals surface area contributed by atoms with Crippen LogP contribution in [0, 0.1) is 0 Å². The molecule has 0 saturated carbocycles. The second-order valence-electron chi connectivity index (χ2n) is 3.14. The molecular formula is C12H17N3S. The number of nitrogens with one attached hydrogen (secondary N) is 1. The molecule has 2 rings (SSSR count). The third-order valence-corrected chi connectivity index (χ3v) is 2.98. The zero-order valence-corrected chi connectivity index (χ0v) is 10.4. The van der Waals surface area contributed by atoms with E-state index in [4.69, 9.17) is 0 Å². The lowest BCUT2D eigenvalue weighted by Crippen LogP contribution is -2.02. The molecule has 0 aliphatic heterocycles. The smallest absolute Gasteiger partial charge is 0.147 e. The van der Waals surface area contributed by atoms with Crippen molar-refractivity contribution in [1.82, 2.24) is 9.97 Å². The maximum Gasteiger partial charge on any atom is 0.147 e. The number of nitrogens with zero attached hydrogens (tertiary/aromatic N) is 2. The fraction of sp³-hybridized carbons (Fsp3) is 0.333. The van der Waals surface area contributed by atoms with Gasteiger partial charge in [0.15, 0.2) is 0 Å². The summed E-state index contributed by atoms with van der Waals surface area (Å²) in [6.45, 7) is 9.17. The first-order valence-corrected chi connectivity index (χ1v) is 6.22. The van der Waals surface area contributed by atoms with E-state index in [9.17, 15) is 0 Å². The Labute approximate surface area is 100 Å². The quantitative estimate of drug-likeness (QED) is 0.648. The van der Waals surface area contributed by atoms with Gasteiger partial charge in [-0.3, -0.25) is 0 Å². The second-order valence-corrected chi connectivity index (χ2v) is 4.05. The third-order valence-electron chi connectivity index (χ3n) is 2.07. The van der Waals surface area contributed by atoms with Crippen LogP contribution in [0.2, 0.25) is 0 Å². The molecule has 0 aliphatic rings. The van der Waals surface area contributed by atoms with Crippen molar-refractivity contribution in [2.75, 3.05) is 11.9 Å². The number of unbranched alkanes of at least 4 members (excludes halogenated alkanes) is 1. The van der Waals surface area contributed by atoms with Gasteiger partial charge in [-0.25, -0.2) is 9.97 Å². The van der Waals surface area contributed by atoms with Crippen molar-refractivity contribution in [1.29, 1.82) is 0 Å². The molecule has 0 atom stereocenters. The van der Waals surface area contributed by atoms with Crippen molar-refractivity contribution < 1.29 is 0 Å². The van der Waals surface area contributed by atoms with Crippen LogP contribution in [0.1, 0.15) is 19.8 Å². The van der Waals surface area contributed by atoms with Gasteiger partial charge in [0.25, 0.3) is 0 Å². The minimum atomic E-state index is 0.971. The molecule has 4 heteroatoms. The molecule has 0 unspecified atom stereocenters. The van der Waals surface area contributed by atoms with Gasteiger partial charge in [0, 0.05) is 6.54 Å². The van der Waals surface area contributed by atoms with E-state index in [1.165, 1.54) is 12.8 Å². The van der Waals surface area contributed by atoms with Crippen molar-refractivity contribution in [2.45, 2.75) is 19.8 Å². The fourth-order valence-corrected chi connectivity index (χ4v) is 2.11. The predicted octanol–water partition coefficient (Wildman–Crippen LogP) is 3.71. The highest BCUT2D eigenvalue weighted by Crippen LogP contribution is 2.24. The van der Waals surface area contributed by atoms with Gasteiger partial charge in [-0.2, -0.15) is 0 Å². The van der Waals surface area contributed by atoms with E-state index in [1.807, 2.05) is 11.4 Å². The first-order chi connectivity index (χ1) is 7.92. The van der Waals surface area contributed by atoms with E-state index < -0.39 is 0 Å². The van der Waals surface area contributed by atoms with Crippen molar-refractivity contribution in [3.05, 3.63) is 30.9 Å². The lowest BCUT2D eigenvalue weighted by Gasteiger charge is -2.04. The average molecular weight is 235 g/mol. The van der Waals surface area contributed by atoms with E-state index in [0.29, 0.717) is 0 Å². The Balaban J connectivity index is 0.000000606. The minimum absolute atomic E-state index is 0.971. The molecule has 0 aromatic carbocycles. The molecule has 0 saturated heterocycles. The molecule has 0 spiro atoms. The van der Waals surface area contributed by atoms with E-state index in [-0.39, 0.29) is 0 Å². The van der Waals surface area contributed by atoms with Gasteiger partial charge in [0.2, 0.25) is 0 Å². The highest BCUT2D eigenvalue weighted by Gasteiger charge is 2.02. The Morgan fingerprint density at radius 2 is 2.19 bits per heavy atom. The molecule has 0 fully saturated rings. The summed E-state index contributed by atoms with van der Waals surface area (Å²) in [6.07, 6.45) is 3.99. The Hall–Kier alpha value is -1.42. The zero-order chi connectivity index (χ0) is 11.8. The molecule has 0 bridgehead atoms. The number of thiophene rings is 1. The second kappa shape index (κ2) is 6.95. The van der Waals surface area contributed by atoms with Crippen LogP contribution in [-0.4, -0.2) is 16.5 Å². The van der Waals surface area contributed by atoms with Crippen LogP contribution in [0.3, 0.4) is 0 Å². The van der Waals surface area contributed by atoms with Crippen molar-refractivity contribution >= 4 is 27.4 Å². The average Bonchev–Trinajstić information content (AvgIpc) is 2.81. The lowest BCUT2D eigenvalue weighted by molar-refractivity contribution is 0.832. The summed E-state index contributed by atoms with van der Waals surface area (Å²) in [6, 6.07) is 2.02. The standard InChI is InChI=1S/C10H13N3S.C2H4/c1-2-3-5-11-10-9-8(4-6-14-9)12-7-13-10;1-2/h4,6-7H,2-3,5H2,1H3,(H,11,12,13);1-2H2. The minimum Gasteiger partial charge on any atom is -0.369 e. The number of hydrogen-bond acceptors (Lipinski definition) is 4. The SMILES string of the molecule is C=C.CCCCNc1ncnc2ccsc12. The number of hydrogen-bond donors (Lipinski definition) is 1. The Kier molecular flexibility index (Phi) is 5.50. The van der Waals surface area contributed by atoms with Gasteiger partial charge in [0.05, 0.1) is 10.2 Å². The predicted molar refractivity (Wildman–Crippen MR) is 72.1 cm³/mol. The van der Waals surface area contributed by atoms with Crippen LogP contribution >= 0.6 is 11.3 Å². The number of rotatable bonds is 4. The summed E-state index contributed by atoms with van der Waals surface area (Å²) in [5.41, 5.74) is 1.03. The zero-order valence-electron chi connectivity index (χ0n) is 9.57. The van der Waals surface area contributed by atoms with Crippen molar-refractivity contribution in [3.8, 4) is 0 Å². The highest BCUT2D eigenvalue weighted by molar-refractivity contribution is 7.17. The van der Waals surface area contributed by atoms with Crippen LogP contribution in [0.5, 0.6) is 0 Å². The molecule has 2 aromatic rings. The summed E-state index contributed by atoms with van der Waals surface area (Å²) in [4.78, 5) is 8.43. The molecule has 2 heterocycles. The van der Waals surface area contributed by atoms with Crippen molar-refractivity contribution in [3.63, 3.8) is 0 Å². The van der Waals surface area contributed by atoms with Crippen LogP contribution in [-0.2, 0) is 0 Å². The van der Waals surface area contributed by atoms with Gasteiger partial charge in [0.1, 0.15) is 12.1 Å². The Morgan fingerprint density at radius 3 is 2.94 bits per heavy atom. The lowest BCUT2D eigenvalue weighted by atomic mass is 10.3. The first kappa shape index (κ1) is 12.6.